The van der Waals surface area contributed by atoms with Crippen LogP contribution in [0.1, 0.15) is 37.3 Å². The molecule has 1 fully saturated rings. The summed E-state index contributed by atoms with van der Waals surface area (Å²) in [5.41, 5.74) is 3.40. The Bertz CT molecular complexity index is 721. The van der Waals surface area contributed by atoms with Crippen LogP contribution < -0.4 is 15.0 Å². The average molecular weight is 352 g/mol. The molecule has 3 rings (SSSR count). The molecule has 4 heteroatoms. The van der Waals surface area contributed by atoms with Gasteiger partial charge >= 0.3 is 0 Å². The summed E-state index contributed by atoms with van der Waals surface area (Å²) in [5.74, 6) is 0.648. The molecule has 1 amide bonds. The van der Waals surface area contributed by atoms with Gasteiger partial charge in [0.1, 0.15) is 5.75 Å². The molecule has 26 heavy (non-hydrogen) atoms. The van der Waals surface area contributed by atoms with Crippen LogP contribution in [0.3, 0.4) is 0 Å². The van der Waals surface area contributed by atoms with E-state index in [-0.39, 0.29) is 5.91 Å². The summed E-state index contributed by atoms with van der Waals surface area (Å²) in [4.78, 5) is 14.7. The molecule has 1 N–H and O–H groups in total. The molecule has 2 aromatic rings. The highest BCUT2D eigenvalue weighted by atomic mass is 16.5. The van der Waals surface area contributed by atoms with Gasteiger partial charge in [0.15, 0.2) is 6.10 Å². The Morgan fingerprint density at radius 1 is 1.08 bits per heavy atom. The van der Waals surface area contributed by atoms with Crippen molar-refractivity contribution in [3.63, 3.8) is 0 Å². The second-order valence-electron chi connectivity index (χ2n) is 6.96. The molecule has 138 valence electrons. The molecule has 2 aromatic carbocycles. The number of amides is 1. The second kappa shape index (κ2) is 8.75. The minimum atomic E-state index is -0.524. The number of piperidine rings is 1. The Hall–Kier alpha value is -2.49. The van der Waals surface area contributed by atoms with Crippen LogP contribution in [0.15, 0.2) is 48.5 Å². The molecule has 0 radical (unpaired) electrons. The van der Waals surface area contributed by atoms with E-state index in [9.17, 15) is 4.79 Å². The maximum Gasteiger partial charge on any atom is 0.261 e. The first-order valence-electron chi connectivity index (χ1n) is 9.47. The molecule has 0 spiro atoms. The minimum Gasteiger partial charge on any atom is -0.481 e. The van der Waals surface area contributed by atoms with Gasteiger partial charge in [0.05, 0.1) is 0 Å². The zero-order valence-electron chi connectivity index (χ0n) is 15.7. The van der Waals surface area contributed by atoms with Crippen LogP contribution in [0.25, 0.3) is 0 Å². The van der Waals surface area contributed by atoms with Crippen LogP contribution in [-0.2, 0) is 11.3 Å². The maximum atomic E-state index is 12.3. The van der Waals surface area contributed by atoms with E-state index in [1.807, 2.05) is 31.2 Å². The van der Waals surface area contributed by atoms with Gasteiger partial charge in [-0.05, 0) is 62.4 Å². The lowest BCUT2D eigenvalue weighted by molar-refractivity contribution is -0.127. The molecular weight excluding hydrogens is 324 g/mol. The van der Waals surface area contributed by atoms with Crippen LogP contribution in [0.4, 0.5) is 5.69 Å². The number of carbonyl (C=O) groups is 1. The Balaban J connectivity index is 1.50. The van der Waals surface area contributed by atoms with E-state index < -0.39 is 6.10 Å². The highest BCUT2D eigenvalue weighted by Crippen LogP contribution is 2.20. The van der Waals surface area contributed by atoms with E-state index in [0.29, 0.717) is 6.54 Å². The number of anilines is 1. The van der Waals surface area contributed by atoms with Gasteiger partial charge in [-0.15, -0.1) is 0 Å². The molecule has 0 aliphatic carbocycles. The molecule has 0 aromatic heterocycles. The Labute approximate surface area is 156 Å². The number of hydrogen-bond donors (Lipinski definition) is 1. The lowest BCUT2D eigenvalue weighted by atomic mass is 10.1. The van der Waals surface area contributed by atoms with Gasteiger partial charge < -0.3 is 15.0 Å². The summed E-state index contributed by atoms with van der Waals surface area (Å²) < 4.78 is 5.78. The molecule has 1 aliphatic heterocycles. The summed E-state index contributed by atoms with van der Waals surface area (Å²) in [6, 6.07) is 16.2. The molecule has 1 heterocycles. The van der Waals surface area contributed by atoms with E-state index in [1.54, 1.807) is 6.92 Å². The smallest absolute Gasteiger partial charge is 0.261 e. The van der Waals surface area contributed by atoms with Crippen LogP contribution in [0, 0.1) is 6.92 Å². The predicted molar refractivity (Wildman–Crippen MR) is 106 cm³/mol. The number of rotatable bonds is 6. The van der Waals surface area contributed by atoms with Crippen LogP contribution >= 0.6 is 0 Å². The van der Waals surface area contributed by atoms with Crippen molar-refractivity contribution in [3.05, 3.63) is 59.7 Å². The highest BCUT2D eigenvalue weighted by Gasteiger charge is 2.15. The van der Waals surface area contributed by atoms with Gasteiger partial charge in [-0.1, -0.05) is 30.3 Å². The Morgan fingerprint density at radius 2 is 1.77 bits per heavy atom. The third-order valence-corrected chi connectivity index (χ3v) is 4.89. The lowest BCUT2D eigenvalue weighted by Gasteiger charge is -2.28. The van der Waals surface area contributed by atoms with E-state index in [2.05, 4.69) is 34.5 Å². The van der Waals surface area contributed by atoms with E-state index in [0.717, 1.165) is 30.0 Å². The summed E-state index contributed by atoms with van der Waals surface area (Å²) in [7, 11) is 0. The van der Waals surface area contributed by atoms with Gasteiger partial charge in [-0.3, -0.25) is 4.79 Å². The van der Waals surface area contributed by atoms with E-state index in [4.69, 9.17) is 4.74 Å². The molecule has 0 saturated carbocycles. The largest absolute Gasteiger partial charge is 0.481 e. The SMILES string of the molecule is Cc1ccccc1O[C@H](C)C(=O)NCc1ccc(N2CCCCC2)cc1. The molecule has 1 atom stereocenters. The summed E-state index contributed by atoms with van der Waals surface area (Å²) >= 11 is 0. The monoisotopic (exact) mass is 352 g/mol. The van der Waals surface area contributed by atoms with Crippen molar-refractivity contribution in [3.8, 4) is 5.75 Å². The normalized spacial score (nSPS) is 15.4. The van der Waals surface area contributed by atoms with Crippen LogP contribution in [0.5, 0.6) is 5.75 Å². The fourth-order valence-corrected chi connectivity index (χ4v) is 3.24. The standard InChI is InChI=1S/C22H28N2O2/c1-17-8-4-5-9-21(17)26-18(2)22(25)23-16-19-10-12-20(13-11-19)24-14-6-3-7-15-24/h4-5,8-13,18H,3,6-7,14-16H2,1-2H3,(H,23,25)/t18-/m1/s1. The second-order valence-corrected chi connectivity index (χ2v) is 6.96. The van der Waals surface area contributed by atoms with Crippen molar-refractivity contribution in [1.82, 2.24) is 5.32 Å². The van der Waals surface area contributed by atoms with Crippen LogP contribution in [-0.4, -0.2) is 25.1 Å². The molecule has 0 unspecified atom stereocenters. The van der Waals surface area contributed by atoms with Gasteiger partial charge in [0.2, 0.25) is 0 Å². The van der Waals surface area contributed by atoms with Crippen molar-refractivity contribution in [2.45, 2.75) is 45.8 Å². The predicted octanol–water partition coefficient (Wildman–Crippen LogP) is 4.07. The number of benzene rings is 2. The number of carbonyl (C=O) groups excluding carboxylic acids is 1. The number of para-hydroxylation sites is 1. The highest BCUT2D eigenvalue weighted by molar-refractivity contribution is 5.80. The van der Waals surface area contributed by atoms with Gasteiger partial charge in [-0.25, -0.2) is 0 Å². The molecule has 0 bridgehead atoms. The third-order valence-electron chi connectivity index (χ3n) is 4.89. The minimum absolute atomic E-state index is 0.103. The first-order chi connectivity index (χ1) is 12.6. The zero-order valence-corrected chi connectivity index (χ0v) is 15.7. The van der Waals surface area contributed by atoms with Crippen molar-refractivity contribution in [1.29, 1.82) is 0 Å². The quantitative estimate of drug-likeness (QED) is 0.852. The molecular formula is C22H28N2O2. The van der Waals surface area contributed by atoms with Crippen molar-refractivity contribution < 1.29 is 9.53 Å². The Kier molecular flexibility index (Phi) is 6.16. The van der Waals surface area contributed by atoms with E-state index >= 15 is 0 Å². The fourth-order valence-electron chi connectivity index (χ4n) is 3.24. The van der Waals surface area contributed by atoms with Crippen molar-refractivity contribution in [2.75, 3.05) is 18.0 Å². The molecule has 4 nitrogen and oxygen atoms in total. The van der Waals surface area contributed by atoms with Crippen LogP contribution in [0.2, 0.25) is 0 Å². The number of hydrogen-bond acceptors (Lipinski definition) is 3. The van der Waals surface area contributed by atoms with Crippen molar-refractivity contribution in [2.24, 2.45) is 0 Å². The first kappa shape index (κ1) is 18.3. The fraction of sp³-hybridized carbons (Fsp3) is 0.409. The van der Waals surface area contributed by atoms with Gasteiger partial charge in [-0.2, -0.15) is 0 Å². The van der Waals surface area contributed by atoms with Gasteiger partial charge in [0.25, 0.3) is 5.91 Å². The van der Waals surface area contributed by atoms with E-state index in [1.165, 1.54) is 24.9 Å². The molecule has 1 aliphatic rings. The first-order valence-corrected chi connectivity index (χ1v) is 9.47. The summed E-state index contributed by atoms with van der Waals surface area (Å²) in [6.45, 7) is 6.55. The molecule has 1 saturated heterocycles. The number of nitrogens with one attached hydrogen (secondary N) is 1. The van der Waals surface area contributed by atoms with Crippen molar-refractivity contribution >= 4 is 11.6 Å². The number of nitrogens with zero attached hydrogens (tertiary/aromatic N) is 1. The van der Waals surface area contributed by atoms with Gasteiger partial charge in [0, 0.05) is 25.3 Å². The topological polar surface area (TPSA) is 41.6 Å². The maximum absolute atomic E-state index is 12.3. The third kappa shape index (κ3) is 4.78. The zero-order chi connectivity index (χ0) is 18.4. The average Bonchev–Trinajstić information content (AvgIpc) is 2.69. The lowest BCUT2D eigenvalue weighted by Crippen LogP contribution is -2.36. The summed E-state index contributed by atoms with van der Waals surface area (Å²) in [5, 5.41) is 2.96. The summed E-state index contributed by atoms with van der Waals surface area (Å²) in [6.07, 6.45) is 3.36. The Morgan fingerprint density at radius 3 is 2.46 bits per heavy atom. The number of aryl methyl sites for hydroxylation is 1. The number of ether oxygens (including phenoxy) is 1.